The van der Waals surface area contributed by atoms with Gasteiger partial charge in [0.25, 0.3) is 10.0 Å². The van der Waals surface area contributed by atoms with Gasteiger partial charge < -0.3 is 9.64 Å². The van der Waals surface area contributed by atoms with Crippen molar-refractivity contribution in [1.82, 2.24) is 0 Å². The Bertz CT molecular complexity index is 940. The van der Waals surface area contributed by atoms with Crippen molar-refractivity contribution in [2.45, 2.75) is 18.2 Å². The smallest absolute Gasteiger partial charge is 0.264 e. The fourth-order valence-corrected chi connectivity index (χ4v) is 5.33. The summed E-state index contributed by atoms with van der Waals surface area (Å²) in [7, 11) is -3.72. The summed E-state index contributed by atoms with van der Waals surface area (Å²) in [6.45, 7) is 4.96. The van der Waals surface area contributed by atoms with Crippen molar-refractivity contribution in [3.05, 3.63) is 53.3 Å². The van der Waals surface area contributed by atoms with Gasteiger partial charge in [-0.25, -0.2) is 12.8 Å². The summed E-state index contributed by atoms with van der Waals surface area (Å²) in [5.74, 6) is -0.433. The molecule has 7 heteroatoms. The minimum Gasteiger partial charge on any atom is -0.378 e. The largest absolute Gasteiger partial charge is 0.378 e. The Labute approximate surface area is 153 Å². The number of nitrogens with zero attached hydrogens (tertiary/aromatic N) is 2. The van der Waals surface area contributed by atoms with Crippen LogP contribution in [0.2, 0.25) is 0 Å². The first-order valence-electron chi connectivity index (χ1n) is 8.71. The summed E-state index contributed by atoms with van der Waals surface area (Å²) in [6.07, 6.45) is 0.679. The lowest BCUT2D eigenvalue weighted by Crippen LogP contribution is -2.36. The highest BCUT2D eigenvalue weighted by Gasteiger charge is 2.32. The van der Waals surface area contributed by atoms with Crippen LogP contribution in [0.1, 0.15) is 11.1 Å². The van der Waals surface area contributed by atoms with Gasteiger partial charge in [0.2, 0.25) is 0 Å². The quantitative estimate of drug-likeness (QED) is 0.827. The van der Waals surface area contributed by atoms with E-state index in [1.807, 2.05) is 18.2 Å². The van der Waals surface area contributed by atoms with Gasteiger partial charge in [0.15, 0.2) is 0 Å². The zero-order valence-corrected chi connectivity index (χ0v) is 15.4. The van der Waals surface area contributed by atoms with E-state index in [9.17, 15) is 12.8 Å². The molecule has 0 N–H and O–H groups in total. The van der Waals surface area contributed by atoms with Crippen molar-refractivity contribution in [2.75, 3.05) is 42.1 Å². The van der Waals surface area contributed by atoms with Crippen molar-refractivity contribution >= 4 is 21.4 Å². The number of halogens is 1. The van der Waals surface area contributed by atoms with Crippen LogP contribution < -0.4 is 9.21 Å². The van der Waals surface area contributed by atoms with Crippen LogP contribution in [0.15, 0.2) is 41.3 Å². The summed E-state index contributed by atoms with van der Waals surface area (Å²) >= 11 is 0. The highest BCUT2D eigenvalue weighted by molar-refractivity contribution is 7.93. The van der Waals surface area contributed by atoms with Gasteiger partial charge in [0.05, 0.1) is 23.8 Å². The molecule has 0 saturated carbocycles. The van der Waals surface area contributed by atoms with Gasteiger partial charge in [0, 0.05) is 25.3 Å². The second-order valence-corrected chi connectivity index (χ2v) is 8.48. The maximum Gasteiger partial charge on any atom is 0.264 e. The molecule has 2 aromatic carbocycles. The van der Waals surface area contributed by atoms with E-state index in [0.717, 1.165) is 30.0 Å². The molecular formula is C19H21FN2O3S. The number of rotatable bonds is 3. The third-order valence-electron chi connectivity index (χ3n) is 5.00. The number of fused-ring (bicyclic) bond motifs is 1. The van der Waals surface area contributed by atoms with Gasteiger partial charge in [-0.15, -0.1) is 0 Å². The number of sulfonamides is 1. The Hall–Kier alpha value is -2.12. The molecule has 1 saturated heterocycles. The number of benzene rings is 2. The molecular weight excluding hydrogens is 355 g/mol. The normalized spacial score (nSPS) is 17.5. The lowest BCUT2D eigenvalue weighted by molar-refractivity contribution is 0.122. The Kier molecular flexibility index (Phi) is 4.36. The van der Waals surface area contributed by atoms with Gasteiger partial charge >= 0.3 is 0 Å². The van der Waals surface area contributed by atoms with Crippen LogP contribution in [0.4, 0.5) is 15.8 Å². The SMILES string of the molecule is Cc1cc(F)ccc1S(=O)(=O)N1CCc2ccc(N3CCOCC3)cc21. The molecule has 1 fully saturated rings. The average Bonchev–Trinajstić information content (AvgIpc) is 3.06. The molecule has 0 amide bonds. The van der Waals surface area contributed by atoms with E-state index in [1.165, 1.54) is 22.5 Å². The molecule has 0 spiro atoms. The maximum absolute atomic E-state index is 13.4. The van der Waals surface area contributed by atoms with Crippen LogP contribution in [-0.2, 0) is 21.2 Å². The lowest BCUT2D eigenvalue weighted by atomic mass is 10.1. The van der Waals surface area contributed by atoms with Crippen molar-refractivity contribution in [2.24, 2.45) is 0 Å². The van der Waals surface area contributed by atoms with Crippen molar-refractivity contribution in [3.63, 3.8) is 0 Å². The Morgan fingerprint density at radius 3 is 2.54 bits per heavy atom. The molecule has 2 heterocycles. The molecule has 138 valence electrons. The summed E-state index contributed by atoms with van der Waals surface area (Å²) in [6, 6.07) is 9.81. The van der Waals surface area contributed by atoms with E-state index < -0.39 is 15.8 Å². The highest BCUT2D eigenvalue weighted by Crippen LogP contribution is 2.36. The third-order valence-corrected chi connectivity index (χ3v) is 6.98. The average molecular weight is 376 g/mol. The monoisotopic (exact) mass is 376 g/mol. The minimum atomic E-state index is -3.72. The topological polar surface area (TPSA) is 49.9 Å². The van der Waals surface area contributed by atoms with E-state index in [2.05, 4.69) is 4.90 Å². The second-order valence-electron chi connectivity index (χ2n) is 6.65. The van der Waals surface area contributed by atoms with Gasteiger partial charge in [-0.1, -0.05) is 6.07 Å². The standard InChI is InChI=1S/C19H21FN2O3S/c1-14-12-16(20)3-5-19(14)26(23,24)22-7-6-15-2-4-17(13-18(15)22)21-8-10-25-11-9-21/h2-5,12-13H,6-11H2,1H3. The summed E-state index contributed by atoms with van der Waals surface area (Å²) in [5, 5.41) is 0. The van der Waals surface area contributed by atoms with E-state index in [-0.39, 0.29) is 4.90 Å². The van der Waals surface area contributed by atoms with Crippen LogP contribution in [0.25, 0.3) is 0 Å². The zero-order chi connectivity index (χ0) is 18.3. The first-order chi connectivity index (χ1) is 12.5. The summed E-state index contributed by atoms with van der Waals surface area (Å²) < 4.78 is 46.6. The molecule has 0 aliphatic carbocycles. The lowest BCUT2D eigenvalue weighted by Gasteiger charge is -2.30. The molecule has 5 nitrogen and oxygen atoms in total. The van der Waals surface area contributed by atoms with E-state index in [0.29, 0.717) is 31.7 Å². The Balaban J connectivity index is 1.72. The van der Waals surface area contributed by atoms with E-state index in [4.69, 9.17) is 4.74 Å². The maximum atomic E-state index is 13.4. The highest BCUT2D eigenvalue weighted by atomic mass is 32.2. The van der Waals surface area contributed by atoms with Gasteiger partial charge in [-0.3, -0.25) is 4.31 Å². The number of aryl methyl sites for hydroxylation is 1. The summed E-state index contributed by atoms with van der Waals surface area (Å²) in [4.78, 5) is 2.36. The zero-order valence-electron chi connectivity index (χ0n) is 14.6. The van der Waals surface area contributed by atoms with Crippen LogP contribution in [0, 0.1) is 12.7 Å². The molecule has 0 bridgehead atoms. The molecule has 0 aromatic heterocycles. The van der Waals surface area contributed by atoms with E-state index in [1.54, 1.807) is 6.92 Å². The molecule has 2 aliphatic rings. The first kappa shape index (κ1) is 17.3. The van der Waals surface area contributed by atoms with Crippen LogP contribution in [0.3, 0.4) is 0 Å². The molecule has 0 unspecified atom stereocenters. The van der Waals surface area contributed by atoms with Crippen molar-refractivity contribution in [3.8, 4) is 0 Å². The number of anilines is 2. The number of hydrogen-bond acceptors (Lipinski definition) is 4. The molecule has 2 aromatic rings. The van der Waals surface area contributed by atoms with Gasteiger partial charge in [0.1, 0.15) is 5.82 Å². The van der Waals surface area contributed by atoms with Crippen molar-refractivity contribution < 1.29 is 17.5 Å². The molecule has 4 rings (SSSR count). The van der Waals surface area contributed by atoms with Crippen LogP contribution in [-0.4, -0.2) is 41.3 Å². The Morgan fingerprint density at radius 1 is 1.04 bits per heavy atom. The molecule has 2 aliphatic heterocycles. The van der Waals surface area contributed by atoms with Gasteiger partial charge in [-0.2, -0.15) is 0 Å². The third kappa shape index (κ3) is 2.95. The predicted octanol–water partition coefficient (Wildman–Crippen LogP) is 2.72. The van der Waals surface area contributed by atoms with Crippen LogP contribution in [0.5, 0.6) is 0 Å². The fourth-order valence-electron chi connectivity index (χ4n) is 3.63. The Morgan fingerprint density at radius 2 is 1.81 bits per heavy atom. The van der Waals surface area contributed by atoms with Crippen molar-refractivity contribution in [1.29, 1.82) is 0 Å². The number of morpholine rings is 1. The predicted molar refractivity (Wildman–Crippen MR) is 98.8 cm³/mol. The molecule has 0 radical (unpaired) electrons. The van der Waals surface area contributed by atoms with E-state index >= 15 is 0 Å². The van der Waals surface area contributed by atoms with Gasteiger partial charge in [-0.05, 0) is 54.8 Å². The molecule has 0 atom stereocenters. The number of ether oxygens (including phenoxy) is 1. The fraction of sp³-hybridized carbons (Fsp3) is 0.368. The second kappa shape index (κ2) is 6.55. The van der Waals surface area contributed by atoms with Crippen LogP contribution >= 0.6 is 0 Å². The number of hydrogen-bond donors (Lipinski definition) is 0. The minimum absolute atomic E-state index is 0.156. The summed E-state index contributed by atoms with van der Waals surface area (Å²) in [5.41, 5.74) is 3.16. The molecule has 26 heavy (non-hydrogen) atoms. The first-order valence-corrected chi connectivity index (χ1v) is 10.2.